The molecule has 8 nitrogen and oxygen atoms in total. The van der Waals surface area contributed by atoms with Crippen LogP contribution in [0.5, 0.6) is 0 Å². The third-order valence-corrected chi connectivity index (χ3v) is 4.83. The lowest BCUT2D eigenvalue weighted by atomic mass is 9.94. The summed E-state index contributed by atoms with van der Waals surface area (Å²) in [5, 5.41) is 3.11. The summed E-state index contributed by atoms with van der Waals surface area (Å²) in [6.07, 6.45) is 9.98. The van der Waals surface area contributed by atoms with Crippen molar-refractivity contribution in [3.05, 3.63) is 60.6 Å². The molecule has 1 saturated heterocycles. The summed E-state index contributed by atoms with van der Waals surface area (Å²) in [6, 6.07) is 5.77. The molecule has 0 radical (unpaired) electrons. The van der Waals surface area contributed by atoms with Crippen LogP contribution in [0.3, 0.4) is 0 Å². The maximum atomic E-state index is 12.8. The fraction of sp³-hybridized carbons (Fsp3) is 0.300. The second-order valence-electron chi connectivity index (χ2n) is 6.67. The predicted octanol–water partition coefficient (Wildman–Crippen LogP) is 2.39. The van der Waals surface area contributed by atoms with E-state index in [9.17, 15) is 4.79 Å². The Balaban J connectivity index is 1.60. The van der Waals surface area contributed by atoms with Crippen molar-refractivity contribution in [2.24, 2.45) is 0 Å². The molecule has 1 unspecified atom stereocenters. The van der Waals surface area contributed by atoms with Crippen LogP contribution in [0.1, 0.15) is 34.9 Å². The Hall–Kier alpha value is -3.42. The number of amides is 1. The molecule has 1 amide bonds. The first-order chi connectivity index (χ1) is 13.7. The molecule has 4 rings (SSSR count). The Bertz CT molecular complexity index is 949. The van der Waals surface area contributed by atoms with Crippen LogP contribution in [-0.2, 0) is 0 Å². The van der Waals surface area contributed by atoms with Gasteiger partial charge in [0.15, 0.2) is 5.82 Å². The fourth-order valence-corrected chi connectivity index (χ4v) is 3.40. The number of carbonyl (C=O) groups excluding carboxylic acids is 1. The molecule has 1 N–H and O–H groups in total. The molecule has 3 aromatic heterocycles. The van der Waals surface area contributed by atoms with Crippen LogP contribution in [0, 0.1) is 0 Å². The third kappa shape index (κ3) is 3.80. The Morgan fingerprint density at radius 2 is 2.07 bits per heavy atom. The van der Waals surface area contributed by atoms with Gasteiger partial charge in [0.1, 0.15) is 11.5 Å². The van der Waals surface area contributed by atoms with Crippen molar-refractivity contribution < 1.29 is 4.79 Å². The molecule has 3 aromatic rings. The lowest BCUT2D eigenvalue weighted by molar-refractivity contribution is 0.0699. The third-order valence-electron chi connectivity index (χ3n) is 4.83. The molecule has 1 fully saturated rings. The van der Waals surface area contributed by atoms with Crippen molar-refractivity contribution >= 4 is 11.7 Å². The Morgan fingerprint density at radius 3 is 2.82 bits per heavy atom. The second kappa shape index (κ2) is 8.08. The number of nitrogens with zero attached hydrogens (tertiary/aromatic N) is 6. The minimum atomic E-state index is -0.0896. The van der Waals surface area contributed by atoms with Gasteiger partial charge in [-0.25, -0.2) is 15.0 Å². The molecule has 0 aromatic carbocycles. The molecule has 28 heavy (non-hydrogen) atoms. The fourth-order valence-electron chi connectivity index (χ4n) is 3.40. The number of piperidine rings is 1. The zero-order valence-corrected chi connectivity index (χ0v) is 15.6. The van der Waals surface area contributed by atoms with Crippen molar-refractivity contribution in [3.63, 3.8) is 0 Å². The van der Waals surface area contributed by atoms with Crippen LogP contribution in [-0.4, -0.2) is 55.9 Å². The number of hydrogen-bond donors (Lipinski definition) is 1. The average Bonchev–Trinajstić information content (AvgIpc) is 2.79. The van der Waals surface area contributed by atoms with Gasteiger partial charge in [-0.15, -0.1) is 0 Å². The molecule has 0 bridgehead atoms. The van der Waals surface area contributed by atoms with Crippen LogP contribution in [0.25, 0.3) is 11.4 Å². The van der Waals surface area contributed by atoms with E-state index in [4.69, 9.17) is 4.98 Å². The molecular formula is C20H21N7O. The van der Waals surface area contributed by atoms with Gasteiger partial charge in [0.2, 0.25) is 0 Å². The molecule has 1 aliphatic rings. The SMILES string of the molecule is CNc1cc(C2CCCN(C(=O)c3cnccn3)C2)nc(-c2cccnc2)n1. The Labute approximate surface area is 163 Å². The van der Waals surface area contributed by atoms with Gasteiger partial charge in [0.05, 0.1) is 11.9 Å². The van der Waals surface area contributed by atoms with Crippen molar-refractivity contribution in [3.8, 4) is 11.4 Å². The first kappa shape index (κ1) is 18.0. The molecule has 142 valence electrons. The molecule has 1 aliphatic heterocycles. The van der Waals surface area contributed by atoms with E-state index in [0.717, 1.165) is 29.9 Å². The lowest BCUT2D eigenvalue weighted by Gasteiger charge is -2.32. The highest BCUT2D eigenvalue weighted by Gasteiger charge is 2.27. The number of anilines is 1. The van der Waals surface area contributed by atoms with Crippen molar-refractivity contribution in [2.45, 2.75) is 18.8 Å². The van der Waals surface area contributed by atoms with Crippen LogP contribution in [0.4, 0.5) is 5.82 Å². The molecule has 0 aliphatic carbocycles. The van der Waals surface area contributed by atoms with Crippen molar-refractivity contribution in [1.82, 2.24) is 29.8 Å². The van der Waals surface area contributed by atoms with E-state index in [2.05, 4.69) is 25.3 Å². The molecule has 1 atom stereocenters. The monoisotopic (exact) mass is 375 g/mol. The van der Waals surface area contributed by atoms with Gasteiger partial charge in [-0.3, -0.25) is 14.8 Å². The number of aromatic nitrogens is 5. The molecule has 0 saturated carbocycles. The maximum absolute atomic E-state index is 12.8. The number of pyridine rings is 1. The normalized spacial score (nSPS) is 16.6. The lowest BCUT2D eigenvalue weighted by Crippen LogP contribution is -2.39. The summed E-state index contributed by atoms with van der Waals surface area (Å²) >= 11 is 0. The van der Waals surface area contributed by atoms with Gasteiger partial charge in [0.25, 0.3) is 5.91 Å². The number of rotatable bonds is 4. The number of hydrogen-bond acceptors (Lipinski definition) is 7. The van der Waals surface area contributed by atoms with Gasteiger partial charge in [0, 0.05) is 62.5 Å². The summed E-state index contributed by atoms with van der Waals surface area (Å²) in [5.74, 6) is 1.43. The quantitative estimate of drug-likeness (QED) is 0.748. The first-order valence-electron chi connectivity index (χ1n) is 9.27. The van der Waals surface area contributed by atoms with E-state index >= 15 is 0 Å². The number of nitrogens with one attached hydrogen (secondary N) is 1. The molecular weight excluding hydrogens is 354 g/mol. The Morgan fingerprint density at radius 1 is 1.18 bits per heavy atom. The van der Waals surface area contributed by atoms with Gasteiger partial charge in [-0.2, -0.15) is 0 Å². The van der Waals surface area contributed by atoms with E-state index in [1.165, 1.54) is 6.20 Å². The van der Waals surface area contributed by atoms with Crippen molar-refractivity contribution in [2.75, 3.05) is 25.5 Å². The highest BCUT2D eigenvalue weighted by Crippen LogP contribution is 2.29. The Kier molecular flexibility index (Phi) is 5.18. The first-order valence-corrected chi connectivity index (χ1v) is 9.27. The van der Waals surface area contributed by atoms with E-state index in [1.54, 1.807) is 24.8 Å². The standard InChI is InChI=1S/C20H21N7O/c1-21-18-10-16(25-19(26-18)14-4-2-6-22-11-14)15-5-3-9-27(13-15)20(28)17-12-23-7-8-24-17/h2,4,6-8,10-12,15H,3,5,9,13H2,1H3,(H,21,25,26). The minimum absolute atomic E-state index is 0.0896. The van der Waals surface area contributed by atoms with Crippen LogP contribution >= 0.6 is 0 Å². The summed E-state index contributed by atoms with van der Waals surface area (Å²) < 4.78 is 0. The zero-order valence-electron chi connectivity index (χ0n) is 15.6. The smallest absolute Gasteiger partial charge is 0.274 e. The van der Waals surface area contributed by atoms with E-state index in [0.29, 0.717) is 24.6 Å². The van der Waals surface area contributed by atoms with Gasteiger partial charge in [-0.1, -0.05) is 0 Å². The second-order valence-corrected chi connectivity index (χ2v) is 6.67. The van der Waals surface area contributed by atoms with Gasteiger partial charge < -0.3 is 10.2 Å². The predicted molar refractivity (Wildman–Crippen MR) is 105 cm³/mol. The van der Waals surface area contributed by atoms with Gasteiger partial charge in [-0.05, 0) is 25.0 Å². The number of likely N-dealkylation sites (tertiary alicyclic amines) is 1. The molecule has 8 heteroatoms. The highest BCUT2D eigenvalue weighted by atomic mass is 16.2. The topological polar surface area (TPSA) is 96.8 Å². The largest absolute Gasteiger partial charge is 0.373 e. The van der Waals surface area contributed by atoms with Crippen LogP contribution in [0.15, 0.2) is 49.2 Å². The highest BCUT2D eigenvalue weighted by molar-refractivity contribution is 5.92. The van der Waals surface area contributed by atoms with Crippen molar-refractivity contribution in [1.29, 1.82) is 0 Å². The number of carbonyl (C=O) groups is 1. The zero-order chi connectivity index (χ0) is 19.3. The van der Waals surface area contributed by atoms with Gasteiger partial charge >= 0.3 is 0 Å². The van der Waals surface area contributed by atoms with E-state index in [-0.39, 0.29) is 11.8 Å². The maximum Gasteiger partial charge on any atom is 0.274 e. The van der Waals surface area contributed by atoms with Crippen LogP contribution < -0.4 is 5.32 Å². The van der Waals surface area contributed by atoms with E-state index < -0.39 is 0 Å². The molecule has 0 spiro atoms. The summed E-state index contributed by atoms with van der Waals surface area (Å²) in [5.41, 5.74) is 2.16. The summed E-state index contributed by atoms with van der Waals surface area (Å²) in [7, 11) is 1.84. The minimum Gasteiger partial charge on any atom is -0.373 e. The average molecular weight is 375 g/mol. The summed E-state index contributed by atoms with van der Waals surface area (Å²) in [4.78, 5) is 36.2. The molecule has 4 heterocycles. The summed E-state index contributed by atoms with van der Waals surface area (Å²) in [6.45, 7) is 1.31. The van der Waals surface area contributed by atoms with E-state index in [1.807, 2.05) is 30.1 Å². The van der Waals surface area contributed by atoms with Crippen LogP contribution in [0.2, 0.25) is 0 Å².